The van der Waals surface area contributed by atoms with Gasteiger partial charge in [0.05, 0.1) is 35.0 Å². The number of benzene rings is 1. The van der Waals surface area contributed by atoms with Crippen LogP contribution in [-0.2, 0) is 4.79 Å². The van der Waals surface area contributed by atoms with E-state index in [1.165, 1.54) is 19.2 Å². The highest BCUT2D eigenvalue weighted by Gasteiger charge is 2.35. The van der Waals surface area contributed by atoms with Gasteiger partial charge in [-0.3, -0.25) is 4.79 Å². The van der Waals surface area contributed by atoms with Crippen LogP contribution in [0.4, 0.5) is 5.69 Å². The molecule has 7 heteroatoms. The van der Waals surface area contributed by atoms with Crippen LogP contribution in [0.3, 0.4) is 0 Å². The molecule has 1 aliphatic heterocycles. The van der Waals surface area contributed by atoms with Gasteiger partial charge in [-0.1, -0.05) is 18.9 Å². The first-order valence-corrected chi connectivity index (χ1v) is 8.79. The maximum absolute atomic E-state index is 12.7. The molecule has 1 fully saturated rings. The SMILES string of the molecule is N#Cc1ccc2c(c1)NC(=O)C2c1ncnc2c1cnn2C1CCCC1. The molecule has 7 nitrogen and oxygen atoms in total. The van der Waals surface area contributed by atoms with Crippen molar-refractivity contribution in [3.63, 3.8) is 0 Å². The minimum atomic E-state index is -0.510. The number of carbonyl (C=O) groups excluding carboxylic acids is 1. The second-order valence-electron chi connectivity index (χ2n) is 6.86. The summed E-state index contributed by atoms with van der Waals surface area (Å²) >= 11 is 0. The molecule has 1 saturated carbocycles. The van der Waals surface area contributed by atoms with Gasteiger partial charge < -0.3 is 5.32 Å². The molecule has 0 bridgehead atoms. The van der Waals surface area contributed by atoms with Crippen molar-refractivity contribution in [3.8, 4) is 6.07 Å². The van der Waals surface area contributed by atoms with Gasteiger partial charge in [-0.25, -0.2) is 14.6 Å². The molecule has 1 aromatic carbocycles. The standard InChI is InChI=1S/C19H16N6O/c20-8-11-5-6-13-15(7-11)24-19(26)16(13)17-14-9-23-25(12-3-1-2-4-12)18(14)22-10-21-17/h5-7,9-10,12,16H,1-4H2,(H,24,26). The van der Waals surface area contributed by atoms with E-state index in [1.54, 1.807) is 18.3 Å². The lowest BCUT2D eigenvalue weighted by Gasteiger charge is -2.12. The molecule has 0 radical (unpaired) electrons. The van der Waals surface area contributed by atoms with E-state index in [9.17, 15) is 4.79 Å². The fourth-order valence-corrected chi connectivity index (χ4v) is 4.13. The van der Waals surface area contributed by atoms with Crippen molar-refractivity contribution in [2.45, 2.75) is 37.6 Å². The van der Waals surface area contributed by atoms with Crippen molar-refractivity contribution in [2.24, 2.45) is 0 Å². The highest BCUT2D eigenvalue weighted by molar-refractivity contribution is 6.06. The molecule has 128 valence electrons. The number of carbonyl (C=O) groups is 1. The molecule has 2 aliphatic rings. The summed E-state index contributed by atoms with van der Waals surface area (Å²) in [6.45, 7) is 0. The highest BCUT2D eigenvalue weighted by atomic mass is 16.2. The molecule has 26 heavy (non-hydrogen) atoms. The Morgan fingerprint density at radius 1 is 1.23 bits per heavy atom. The summed E-state index contributed by atoms with van der Waals surface area (Å²) in [6, 6.07) is 7.73. The summed E-state index contributed by atoms with van der Waals surface area (Å²) in [5, 5.41) is 17.3. The zero-order valence-electron chi connectivity index (χ0n) is 14.0. The average molecular weight is 344 g/mol. The topological polar surface area (TPSA) is 96.5 Å². The zero-order valence-corrected chi connectivity index (χ0v) is 14.0. The fraction of sp³-hybridized carbons (Fsp3) is 0.316. The molecule has 5 rings (SSSR count). The summed E-state index contributed by atoms with van der Waals surface area (Å²) in [6.07, 6.45) is 7.93. The second kappa shape index (κ2) is 5.63. The summed E-state index contributed by atoms with van der Waals surface area (Å²) in [5.41, 5.74) is 3.49. The number of amides is 1. The molecule has 2 aromatic heterocycles. The van der Waals surface area contributed by atoms with Gasteiger partial charge in [0.1, 0.15) is 12.2 Å². The molecule has 1 unspecified atom stereocenters. The van der Waals surface area contributed by atoms with Gasteiger partial charge in [-0.2, -0.15) is 10.4 Å². The van der Waals surface area contributed by atoms with E-state index in [0.717, 1.165) is 29.4 Å². The van der Waals surface area contributed by atoms with Crippen molar-refractivity contribution >= 4 is 22.6 Å². The molecule has 1 N–H and O–H groups in total. The molecule has 1 atom stereocenters. The van der Waals surface area contributed by atoms with Crippen LogP contribution in [0.2, 0.25) is 0 Å². The molecule has 3 aromatic rings. The molecule has 0 spiro atoms. The Bertz CT molecular complexity index is 1070. The normalized spacial score (nSPS) is 19.5. The molecule has 1 aliphatic carbocycles. The number of nitriles is 1. The number of rotatable bonds is 2. The van der Waals surface area contributed by atoms with Crippen molar-refractivity contribution < 1.29 is 4.79 Å². The number of fused-ring (bicyclic) bond motifs is 2. The largest absolute Gasteiger partial charge is 0.325 e. The number of aromatic nitrogens is 4. The van der Waals surface area contributed by atoms with Gasteiger partial charge in [-0.05, 0) is 30.5 Å². The average Bonchev–Trinajstić information content (AvgIpc) is 3.38. The minimum Gasteiger partial charge on any atom is -0.325 e. The Balaban J connectivity index is 1.64. The molecular weight excluding hydrogens is 328 g/mol. The Hall–Kier alpha value is -3.27. The molecule has 0 saturated heterocycles. The lowest BCUT2D eigenvalue weighted by Crippen LogP contribution is -2.15. The zero-order chi connectivity index (χ0) is 17.7. The molecule has 3 heterocycles. The molecular formula is C19H16N6O. The summed E-state index contributed by atoms with van der Waals surface area (Å²) in [5.74, 6) is -0.645. The lowest BCUT2D eigenvalue weighted by atomic mass is 9.94. The first-order chi connectivity index (χ1) is 12.8. The predicted octanol–water partition coefficient (Wildman–Crippen LogP) is 2.90. The van der Waals surface area contributed by atoms with Crippen molar-refractivity contribution in [1.82, 2.24) is 19.7 Å². The van der Waals surface area contributed by atoms with E-state index >= 15 is 0 Å². The third-order valence-corrected chi connectivity index (χ3v) is 5.38. The monoisotopic (exact) mass is 344 g/mol. The van der Waals surface area contributed by atoms with Crippen LogP contribution in [0, 0.1) is 11.3 Å². The van der Waals surface area contributed by atoms with Gasteiger partial charge in [0.2, 0.25) is 5.91 Å². The van der Waals surface area contributed by atoms with Crippen LogP contribution < -0.4 is 5.32 Å². The maximum Gasteiger partial charge on any atom is 0.238 e. The summed E-state index contributed by atoms with van der Waals surface area (Å²) in [4.78, 5) is 21.5. The Labute approximate surface area is 149 Å². The van der Waals surface area contributed by atoms with E-state index in [2.05, 4.69) is 26.5 Å². The highest BCUT2D eigenvalue weighted by Crippen LogP contribution is 2.39. The van der Waals surface area contributed by atoms with Crippen LogP contribution in [-0.4, -0.2) is 25.7 Å². The Morgan fingerprint density at radius 3 is 2.88 bits per heavy atom. The van der Waals surface area contributed by atoms with Gasteiger partial charge in [-0.15, -0.1) is 0 Å². The summed E-state index contributed by atoms with van der Waals surface area (Å²) < 4.78 is 1.99. The lowest BCUT2D eigenvalue weighted by molar-refractivity contribution is -0.116. The smallest absolute Gasteiger partial charge is 0.238 e. The van der Waals surface area contributed by atoms with Crippen molar-refractivity contribution in [1.29, 1.82) is 5.26 Å². The number of hydrogen-bond acceptors (Lipinski definition) is 5. The first-order valence-electron chi connectivity index (χ1n) is 8.79. The van der Waals surface area contributed by atoms with E-state index < -0.39 is 5.92 Å². The van der Waals surface area contributed by atoms with Crippen LogP contribution >= 0.6 is 0 Å². The van der Waals surface area contributed by atoms with Crippen LogP contribution in [0.1, 0.15) is 54.5 Å². The van der Waals surface area contributed by atoms with Crippen LogP contribution in [0.5, 0.6) is 0 Å². The van der Waals surface area contributed by atoms with Gasteiger partial charge in [0.25, 0.3) is 0 Å². The second-order valence-corrected chi connectivity index (χ2v) is 6.86. The van der Waals surface area contributed by atoms with E-state index in [1.807, 2.05) is 10.7 Å². The van der Waals surface area contributed by atoms with E-state index in [0.29, 0.717) is 23.0 Å². The van der Waals surface area contributed by atoms with Gasteiger partial charge in [0, 0.05) is 5.69 Å². The number of anilines is 1. The number of hydrogen-bond donors (Lipinski definition) is 1. The fourth-order valence-electron chi connectivity index (χ4n) is 4.13. The third kappa shape index (κ3) is 2.12. The van der Waals surface area contributed by atoms with Gasteiger partial charge >= 0.3 is 0 Å². The maximum atomic E-state index is 12.7. The van der Waals surface area contributed by atoms with Gasteiger partial charge in [0.15, 0.2) is 5.65 Å². The quantitative estimate of drug-likeness (QED) is 0.771. The molecule has 1 amide bonds. The summed E-state index contributed by atoms with van der Waals surface area (Å²) in [7, 11) is 0. The number of nitrogens with zero attached hydrogens (tertiary/aromatic N) is 5. The first kappa shape index (κ1) is 15.0. The van der Waals surface area contributed by atoms with Crippen molar-refractivity contribution in [2.75, 3.05) is 5.32 Å². The van der Waals surface area contributed by atoms with E-state index in [4.69, 9.17) is 5.26 Å². The van der Waals surface area contributed by atoms with Crippen molar-refractivity contribution in [3.05, 3.63) is 47.5 Å². The van der Waals surface area contributed by atoms with Crippen LogP contribution in [0.15, 0.2) is 30.7 Å². The Kier molecular flexibility index (Phi) is 3.25. The minimum absolute atomic E-state index is 0.135. The van der Waals surface area contributed by atoms with Crippen LogP contribution in [0.25, 0.3) is 11.0 Å². The van der Waals surface area contributed by atoms with E-state index in [-0.39, 0.29) is 5.91 Å². The third-order valence-electron chi connectivity index (χ3n) is 5.38. The predicted molar refractivity (Wildman–Crippen MR) is 94.5 cm³/mol. The Morgan fingerprint density at radius 2 is 2.08 bits per heavy atom. The number of nitrogens with one attached hydrogen (secondary N) is 1.